The molecule has 3 rings (SSSR count). The molecule has 2 amide bonds. The molecule has 2 aromatic carbocycles. The molecule has 6 nitrogen and oxygen atoms in total. The second kappa shape index (κ2) is 7.90. The van der Waals surface area contributed by atoms with Crippen LogP contribution >= 0.6 is 0 Å². The lowest BCUT2D eigenvalue weighted by atomic mass is 10.1. The summed E-state index contributed by atoms with van der Waals surface area (Å²) in [7, 11) is 0. The second-order valence-corrected chi connectivity index (χ2v) is 6.11. The number of aromatic nitrogens is 2. The molecule has 152 valence electrons. The van der Waals surface area contributed by atoms with Crippen molar-refractivity contribution in [1.82, 2.24) is 15.0 Å². The number of carbonyl (C=O) groups is 1. The molecular weight excluding hydrogens is 392 g/mol. The number of hydrogen-bond acceptors (Lipinski definition) is 3. The van der Waals surface area contributed by atoms with Crippen LogP contribution in [0.4, 0.5) is 22.4 Å². The van der Waals surface area contributed by atoms with Crippen LogP contribution in [0.5, 0.6) is 0 Å². The molecule has 0 aliphatic carbocycles. The maximum absolute atomic E-state index is 13.6. The van der Waals surface area contributed by atoms with Gasteiger partial charge in [-0.2, -0.15) is 13.2 Å². The molecule has 3 aromatic rings. The number of aryl methyl sites for hydroxylation is 1. The van der Waals surface area contributed by atoms with Gasteiger partial charge in [-0.1, -0.05) is 31.2 Å². The number of halogens is 4. The quantitative estimate of drug-likeness (QED) is 0.648. The lowest BCUT2D eigenvalue weighted by Crippen LogP contribution is -2.41. The minimum Gasteiger partial charge on any atom is -0.333 e. The Morgan fingerprint density at radius 2 is 1.86 bits per heavy atom. The summed E-state index contributed by atoms with van der Waals surface area (Å²) in [6, 6.07) is 8.13. The minimum atomic E-state index is -4.68. The van der Waals surface area contributed by atoms with E-state index in [1.165, 1.54) is 24.3 Å². The number of carbonyl (C=O) groups excluding carboxylic acids is 1. The van der Waals surface area contributed by atoms with Crippen LogP contribution < -0.4 is 16.3 Å². The predicted molar refractivity (Wildman–Crippen MR) is 98.4 cm³/mol. The maximum Gasteiger partial charge on any atom is 0.418 e. The highest BCUT2D eigenvalue weighted by molar-refractivity contribution is 5.84. The fourth-order valence-corrected chi connectivity index (χ4v) is 2.79. The Bertz CT molecular complexity index is 1130. The number of alkyl halides is 3. The average Bonchev–Trinajstić information content (AvgIpc) is 2.68. The van der Waals surface area contributed by atoms with Gasteiger partial charge in [-0.25, -0.2) is 24.3 Å². The third-order valence-electron chi connectivity index (χ3n) is 4.20. The Hall–Kier alpha value is -3.43. The monoisotopic (exact) mass is 408 g/mol. The Balaban J connectivity index is 1.93. The van der Waals surface area contributed by atoms with Crippen molar-refractivity contribution in [1.29, 1.82) is 0 Å². The fourth-order valence-electron chi connectivity index (χ4n) is 2.79. The SMILES string of the molecule is CCc1nc2c(C(F)(F)F)cccc2c(=O)n1NC(=O)NCc1ccccc1F. The van der Waals surface area contributed by atoms with Crippen LogP contribution in [0.15, 0.2) is 47.3 Å². The predicted octanol–water partition coefficient (Wildman–Crippen LogP) is 3.57. The van der Waals surface area contributed by atoms with Gasteiger partial charge >= 0.3 is 12.2 Å². The standard InChI is InChI=1S/C19H16F4N4O2/c1-2-15-25-16-12(7-5-8-13(16)19(21,22)23)17(28)27(15)26-18(29)24-10-11-6-3-4-9-14(11)20/h3-9H,2,10H2,1H3,(H2,24,26,29). The van der Waals surface area contributed by atoms with Crippen LogP contribution in [0.1, 0.15) is 23.9 Å². The van der Waals surface area contributed by atoms with Gasteiger partial charge in [0.05, 0.1) is 16.5 Å². The molecular formula is C19H16F4N4O2. The van der Waals surface area contributed by atoms with E-state index in [-0.39, 0.29) is 29.7 Å². The van der Waals surface area contributed by atoms with Gasteiger partial charge in [-0.15, -0.1) is 0 Å². The van der Waals surface area contributed by atoms with Crippen LogP contribution in [0, 0.1) is 5.82 Å². The van der Waals surface area contributed by atoms with E-state index in [1.807, 2.05) is 0 Å². The summed E-state index contributed by atoms with van der Waals surface area (Å²) < 4.78 is 54.1. The van der Waals surface area contributed by atoms with Gasteiger partial charge in [-0.3, -0.25) is 4.79 Å². The number of amides is 2. The molecule has 0 atom stereocenters. The van der Waals surface area contributed by atoms with Crippen LogP contribution in [0.2, 0.25) is 0 Å². The Labute approximate surface area is 162 Å². The van der Waals surface area contributed by atoms with E-state index in [0.717, 1.165) is 16.8 Å². The molecule has 10 heteroatoms. The van der Waals surface area contributed by atoms with Crippen molar-refractivity contribution < 1.29 is 22.4 Å². The Morgan fingerprint density at radius 3 is 2.52 bits per heavy atom. The van der Waals surface area contributed by atoms with Gasteiger partial charge in [0, 0.05) is 18.5 Å². The summed E-state index contributed by atoms with van der Waals surface area (Å²) in [6.45, 7) is 1.44. The first-order valence-electron chi connectivity index (χ1n) is 8.62. The van der Waals surface area contributed by atoms with Crippen molar-refractivity contribution in [3.63, 3.8) is 0 Å². The van der Waals surface area contributed by atoms with Crippen molar-refractivity contribution in [3.8, 4) is 0 Å². The first-order chi connectivity index (χ1) is 13.7. The minimum absolute atomic E-state index is 0.0553. The van der Waals surface area contributed by atoms with Gasteiger partial charge in [0.2, 0.25) is 0 Å². The molecule has 1 aromatic heterocycles. The van der Waals surface area contributed by atoms with E-state index in [0.29, 0.717) is 0 Å². The zero-order valence-electron chi connectivity index (χ0n) is 15.2. The van der Waals surface area contributed by atoms with Crippen LogP contribution in [0.3, 0.4) is 0 Å². The molecule has 0 bridgehead atoms. The van der Waals surface area contributed by atoms with Crippen LogP contribution in [-0.2, 0) is 19.1 Å². The molecule has 0 aliphatic heterocycles. The number of hydrogen-bond donors (Lipinski definition) is 2. The zero-order valence-corrected chi connectivity index (χ0v) is 15.2. The van der Waals surface area contributed by atoms with Crippen LogP contribution in [0.25, 0.3) is 10.9 Å². The van der Waals surface area contributed by atoms with E-state index in [4.69, 9.17) is 0 Å². The van der Waals surface area contributed by atoms with Gasteiger partial charge in [-0.05, 0) is 18.2 Å². The zero-order chi connectivity index (χ0) is 21.2. The van der Waals surface area contributed by atoms with Crippen molar-refractivity contribution >= 4 is 16.9 Å². The number of nitrogens with zero attached hydrogens (tertiary/aromatic N) is 2. The first kappa shape index (κ1) is 20.3. The summed E-state index contributed by atoms with van der Waals surface area (Å²) in [5, 5.41) is 2.11. The summed E-state index contributed by atoms with van der Waals surface area (Å²) >= 11 is 0. The molecule has 0 fully saturated rings. The van der Waals surface area contributed by atoms with Crippen molar-refractivity contribution in [2.75, 3.05) is 5.43 Å². The summed E-state index contributed by atoms with van der Waals surface area (Å²) in [6.07, 6.45) is -4.59. The van der Waals surface area contributed by atoms with E-state index in [9.17, 15) is 27.2 Å². The van der Waals surface area contributed by atoms with Crippen molar-refractivity contribution in [2.24, 2.45) is 0 Å². The molecule has 0 saturated carbocycles. The maximum atomic E-state index is 13.6. The fraction of sp³-hybridized carbons (Fsp3) is 0.211. The van der Waals surface area contributed by atoms with E-state index in [2.05, 4.69) is 15.7 Å². The molecule has 0 unspecified atom stereocenters. The van der Waals surface area contributed by atoms with Crippen LogP contribution in [-0.4, -0.2) is 15.7 Å². The normalized spacial score (nSPS) is 11.5. The largest absolute Gasteiger partial charge is 0.418 e. The summed E-state index contributed by atoms with van der Waals surface area (Å²) in [4.78, 5) is 28.8. The van der Waals surface area contributed by atoms with Crippen molar-refractivity contribution in [2.45, 2.75) is 26.1 Å². The Kier molecular flexibility index (Phi) is 5.53. The second-order valence-electron chi connectivity index (χ2n) is 6.11. The van der Waals surface area contributed by atoms with Gasteiger partial charge in [0.15, 0.2) is 0 Å². The summed E-state index contributed by atoms with van der Waals surface area (Å²) in [5.74, 6) is -0.563. The highest BCUT2D eigenvalue weighted by Crippen LogP contribution is 2.33. The van der Waals surface area contributed by atoms with Gasteiger partial charge < -0.3 is 5.32 Å². The molecule has 2 N–H and O–H groups in total. The smallest absolute Gasteiger partial charge is 0.333 e. The average molecular weight is 408 g/mol. The molecule has 1 heterocycles. The first-order valence-corrected chi connectivity index (χ1v) is 8.62. The molecule has 0 spiro atoms. The highest BCUT2D eigenvalue weighted by Gasteiger charge is 2.34. The van der Waals surface area contributed by atoms with Gasteiger partial charge in [0.25, 0.3) is 5.56 Å². The molecule has 29 heavy (non-hydrogen) atoms. The molecule has 0 aliphatic rings. The van der Waals surface area contributed by atoms with E-state index >= 15 is 0 Å². The number of urea groups is 1. The molecule has 0 saturated heterocycles. The number of nitrogens with one attached hydrogen (secondary N) is 2. The van der Waals surface area contributed by atoms with Gasteiger partial charge in [0.1, 0.15) is 11.6 Å². The number of para-hydroxylation sites is 1. The topological polar surface area (TPSA) is 76.0 Å². The molecule has 0 radical (unpaired) electrons. The number of benzene rings is 2. The third-order valence-corrected chi connectivity index (χ3v) is 4.20. The Morgan fingerprint density at radius 1 is 1.14 bits per heavy atom. The van der Waals surface area contributed by atoms with E-state index < -0.39 is 34.7 Å². The number of rotatable bonds is 4. The lowest BCUT2D eigenvalue weighted by molar-refractivity contribution is -0.136. The highest BCUT2D eigenvalue weighted by atomic mass is 19.4. The lowest BCUT2D eigenvalue weighted by Gasteiger charge is -2.16. The van der Waals surface area contributed by atoms with E-state index in [1.54, 1.807) is 13.0 Å². The summed E-state index contributed by atoms with van der Waals surface area (Å²) in [5.41, 5.74) is 0.133. The third kappa shape index (κ3) is 4.20. The van der Waals surface area contributed by atoms with Crippen molar-refractivity contribution in [3.05, 3.63) is 75.6 Å². The number of fused-ring (bicyclic) bond motifs is 1.